The van der Waals surface area contributed by atoms with Crippen molar-refractivity contribution in [2.75, 3.05) is 33.0 Å². The lowest BCUT2D eigenvalue weighted by molar-refractivity contribution is 0.121. The van der Waals surface area contributed by atoms with E-state index in [4.69, 9.17) is 9.47 Å². The molecule has 27 heavy (non-hydrogen) atoms. The van der Waals surface area contributed by atoms with Gasteiger partial charge in [0.2, 0.25) is 6.79 Å². The standard InChI is InChI=1S/C22H28N2O3/c1-16(2)18-5-3-17(4-6-18)13-23-7-9-24(10-8-23)14-19-11-21-22(12-20(19)25)27-15-26-21/h3-6,11-12,16,25H,7-10,13-15H2,1-2H3. The van der Waals surface area contributed by atoms with Crippen LogP contribution in [0.3, 0.4) is 0 Å². The number of piperazine rings is 1. The number of phenols is 1. The largest absolute Gasteiger partial charge is 0.507 e. The van der Waals surface area contributed by atoms with Gasteiger partial charge in [-0.25, -0.2) is 0 Å². The lowest BCUT2D eigenvalue weighted by atomic mass is 10.0. The number of aromatic hydroxyl groups is 1. The lowest BCUT2D eigenvalue weighted by Crippen LogP contribution is -2.45. The van der Waals surface area contributed by atoms with Crippen molar-refractivity contribution in [3.8, 4) is 17.2 Å². The quantitative estimate of drug-likeness (QED) is 0.874. The number of phenolic OH excluding ortho intramolecular Hbond substituents is 1. The molecule has 5 heteroatoms. The van der Waals surface area contributed by atoms with E-state index in [1.165, 1.54) is 11.1 Å². The van der Waals surface area contributed by atoms with Crippen LogP contribution in [0.15, 0.2) is 36.4 Å². The summed E-state index contributed by atoms with van der Waals surface area (Å²) in [6.45, 7) is 10.5. The Morgan fingerprint density at radius 1 is 0.889 bits per heavy atom. The molecule has 2 aromatic carbocycles. The van der Waals surface area contributed by atoms with E-state index >= 15 is 0 Å². The molecule has 2 heterocycles. The Kier molecular flexibility index (Phi) is 5.23. The Hall–Kier alpha value is -2.24. The molecule has 0 radical (unpaired) electrons. The fourth-order valence-electron chi connectivity index (χ4n) is 3.71. The predicted octanol–water partition coefficient (Wildman–Crippen LogP) is 3.56. The molecule has 0 bridgehead atoms. The number of hydrogen-bond donors (Lipinski definition) is 1. The fourth-order valence-corrected chi connectivity index (χ4v) is 3.71. The van der Waals surface area contributed by atoms with Crippen molar-refractivity contribution >= 4 is 0 Å². The highest BCUT2D eigenvalue weighted by molar-refractivity contribution is 5.51. The van der Waals surface area contributed by atoms with Gasteiger partial charge in [-0.1, -0.05) is 38.1 Å². The molecule has 4 rings (SSSR count). The zero-order valence-corrected chi connectivity index (χ0v) is 16.1. The molecule has 0 aromatic heterocycles. The Morgan fingerprint density at radius 3 is 2.11 bits per heavy atom. The van der Waals surface area contributed by atoms with Crippen molar-refractivity contribution in [2.45, 2.75) is 32.9 Å². The second-order valence-electron chi connectivity index (χ2n) is 7.78. The first kappa shape index (κ1) is 18.1. The van der Waals surface area contributed by atoms with Crippen molar-refractivity contribution in [3.63, 3.8) is 0 Å². The van der Waals surface area contributed by atoms with Crippen LogP contribution in [-0.2, 0) is 13.1 Å². The van der Waals surface area contributed by atoms with Gasteiger partial charge in [0.15, 0.2) is 11.5 Å². The molecular weight excluding hydrogens is 340 g/mol. The summed E-state index contributed by atoms with van der Waals surface area (Å²) in [6, 6.07) is 12.6. The third-order valence-corrected chi connectivity index (χ3v) is 5.49. The fraction of sp³-hybridized carbons (Fsp3) is 0.455. The summed E-state index contributed by atoms with van der Waals surface area (Å²) >= 11 is 0. The number of fused-ring (bicyclic) bond motifs is 1. The van der Waals surface area contributed by atoms with Gasteiger partial charge < -0.3 is 14.6 Å². The Labute approximate surface area is 161 Å². The Morgan fingerprint density at radius 2 is 1.48 bits per heavy atom. The minimum atomic E-state index is 0.231. The minimum Gasteiger partial charge on any atom is -0.507 e. The van der Waals surface area contributed by atoms with Crippen molar-refractivity contribution in [3.05, 3.63) is 53.1 Å². The number of hydrogen-bond acceptors (Lipinski definition) is 5. The van der Waals surface area contributed by atoms with Gasteiger partial charge in [0.1, 0.15) is 5.75 Å². The maximum Gasteiger partial charge on any atom is 0.231 e. The zero-order valence-electron chi connectivity index (χ0n) is 16.1. The molecule has 1 saturated heterocycles. The maximum atomic E-state index is 10.2. The van der Waals surface area contributed by atoms with Crippen molar-refractivity contribution < 1.29 is 14.6 Å². The first-order valence-corrected chi connectivity index (χ1v) is 9.73. The normalized spacial score (nSPS) is 17.6. The molecule has 1 N–H and O–H groups in total. The number of nitrogens with zero attached hydrogens (tertiary/aromatic N) is 2. The molecule has 2 aliphatic heterocycles. The van der Waals surface area contributed by atoms with Crippen molar-refractivity contribution in [1.29, 1.82) is 0 Å². The van der Waals surface area contributed by atoms with Crippen LogP contribution in [0.4, 0.5) is 0 Å². The molecule has 144 valence electrons. The van der Waals surface area contributed by atoms with Gasteiger partial charge in [0.25, 0.3) is 0 Å². The highest BCUT2D eigenvalue weighted by Crippen LogP contribution is 2.38. The van der Waals surface area contributed by atoms with Gasteiger partial charge in [-0.3, -0.25) is 9.80 Å². The van der Waals surface area contributed by atoms with Crippen molar-refractivity contribution in [1.82, 2.24) is 9.80 Å². The number of rotatable bonds is 5. The molecule has 5 nitrogen and oxygen atoms in total. The molecule has 0 saturated carbocycles. The lowest BCUT2D eigenvalue weighted by Gasteiger charge is -2.34. The predicted molar refractivity (Wildman–Crippen MR) is 105 cm³/mol. The average Bonchev–Trinajstić information content (AvgIpc) is 3.11. The summed E-state index contributed by atoms with van der Waals surface area (Å²) in [5, 5.41) is 10.2. The molecule has 0 spiro atoms. The molecule has 2 aromatic rings. The Balaban J connectivity index is 1.30. The number of ether oxygens (including phenoxy) is 2. The Bertz CT molecular complexity index is 781. The average molecular weight is 368 g/mol. The summed E-state index contributed by atoms with van der Waals surface area (Å²) < 4.78 is 10.7. The van der Waals surface area contributed by atoms with E-state index in [0.29, 0.717) is 11.7 Å². The van der Waals surface area contributed by atoms with Gasteiger partial charge in [0.05, 0.1) is 0 Å². The van der Waals surface area contributed by atoms with E-state index < -0.39 is 0 Å². The molecule has 0 atom stereocenters. The van der Waals surface area contributed by atoms with Crippen LogP contribution in [0, 0.1) is 0 Å². The van der Waals surface area contributed by atoms with E-state index in [-0.39, 0.29) is 12.5 Å². The smallest absolute Gasteiger partial charge is 0.231 e. The van der Waals surface area contributed by atoms with Crippen LogP contribution in [0.25, 0.3) is 0 Å². The maximum absolute atomic E-state index is 10.2. The summed E-state index contributed by atoms with van der Waals surface area (Å²) in [5.74, 6) is 2.22. The minimum absolute atomic E-state index is 0.231. The van der Waals surface area contributed by atoms with E-state index in [2.05, 4.69) is 47.9 Å². The van der Waals surface area contributed by atoms with E-state index in [1.54, 1.807) is 6.07 Å². The van der Waals surface area contributed by atoms with Gasteiger partial charge in [0, 0.05) is 50.9 Å². The summed E-state index contributed by atoms with van der Waals surface area (Å²) in [5.41, 5.74) is 3.67. The van der Waals surface area contributed by atoms with Crippen LogP contribution in [0.5, 0.6) is 17.2 Å². The first-order chi connectivity index (χ1) is 13.1. The first-order valence-electron chi connectivity index (χ1n) is 9.73. The zero-order chi connectivity index (χ0) is 18.8. The summed E-state index contributed by atoms with van der Waals surface area (Å²) in [6.07, 6.45) is 0. The van der Waals surface area contributed by atoms with Crippen LogP contribution >= 0.6 is 0 Å². The second kappa shape index (κ2) is 7.79. The molecule has 0 aliphatic carbocycles. The van der Waals surface area contributed by atoms with Crippen LogP contribution < -0.4 is 9.47 Å². The van der Waals surface area contributed by atoms with E-state index in [0.717, 1.165) is 50.6 Å². The highest BCUT2D eigenvalue weighted by atomic mass is 16.7. The molecule has 2 aliphatic rings. The third kappa shape index (κ3) is 4.20. The van der Waals surface area contributed by atoms with Gasteiger partial charge in [-0.15, -0.1) is 0 Å². The second-order valence-corrected chi connectivity index (χ2v) is 7.78. The summed E-state index contributed by atoms with van der Waals surface area (Å²) in [4.78, 5) is 4.88. The monoisotopic (exact) mass is 368 g/mol. The van der Waals surface area contributed by atoms with Gasteiger partial charge in [-0.05, 0) is 23.1 Å². The van der Waals surface area contributed by atoms with Crippen LogP contribution in [0.1, 0.15) is 36.5 Å². The highest BCUT2D eigenvalue weighted by Gasteiger charge is 2.21. The SMILES string of the molecule is CC(C)c1ccc(CN2CCN(Cc3cc4c(cc3O)OCO4)CC2)cc1. The summed E-state index contributed by atoms with van der Waals surface area (Å²) in [7, 11) is 0. The van der Waals surface area contributed by atoms with Crippen LogP contribution in [0.2, 0.25) is 0 Å². The van der Waals surface area contributed by atoms with Crippen molar-refractivity contribution in [2.24, 2.45) is 0 Å². The molecule has 0 amide bonds. The van der Waals surface area contributed by atoms with E-state index in [9.17, 15) is 5.11 Å². The van der Waals surface area contributed by atoms with Crippen LogP contribution in [-0.4, -0.2) is 47.9 Å². The third-order valence-electron chi connectivity index (χ3n) is 5.49. The molecule has 0 unspecified atom stereocenters. The molecular formula is C22H28N2O3. The van der Waals surface area contributed by atoms with E-state index in [1.807, 2.05) is 6.07 Å². The molecule has 1 fully saturated rings. The van der Waals surface area contributed by atoms with Gasteiger partial charge >= 0.3 is 0 Å². The van der Waals surface area contributed by atoms with Gasteiger partial charge in [-0.2, -0.15) is 0 Å². The topological polar surface area (TPSA) is 45.2 Å². The number of benzene rings is 2.